The van der Waals surface area contributed by atoms with Crippen LogP contribution in [0.3, 0.4) is 0 Å². The monoisotopic (exact) mass is 363 g/mol. The minimum Gasteiger partial charge on any atom is -0.481 e. The molecule has 2 atom stereocenters. The Morgan fingerprint density at radius 3 is 2.58 bits per heavy atom. The highest BCUT2D eigenvalue weighted by Gasteiger charge is 2.40. The van der Waals surface area contributed by atoms with E-state index in [0.29, 0.717) is 0 Å². The van der Waals surface area contributed by atoms with E-state index in [4.69, 9.17) is 16.3 Å². The van der Waals surface area contributed by atoms with Crippen molar-refractivity contribution in [2.24, 2.45) is 0 Å². The second kappa shape index (κ2) is 6.59. The number of ether oxygens (including phenoxy) is 1. The number of benzene rings is 2. The van der Waals surface area contributed by atoms with Gasteiger partial charge in [0.15, 0.2) is 5.75 Å². The molecule has 0 bridgehead atoms. The zero-order valence-electron chi connectivity index (χ0n) is 13.2. The lowest BCUT2D eigenvalue weighted by molar-refractivity contribution is 0.131. The Labute approximate surface area is 147 Å². The molecule has 0 unspecified atom stereocenters. The van der Waals surface area contributed by atoms with Crippen LogP contribution in [0.25, 0.3) is 0 Å². The van der Waals surface area contributed by atoms with Gasteiger partial charge in [0.2, 0.25) is 10.0 Å². The Morgan fingerprint density at radius 1 is 1.21 bits per heavy atom. The predicted molar refractivity (Wildman–Crippen MR) is 94.8 cm³/mol. The van der Waals surface area contributed by atoms with Crippen molar-refractivity contribution in [1.82, 2.24) is 4.31 Å². The average Bonchev–Trinajstić information content (AvgIpc) is 2.65. The lowest BCUT2D eigenvalue weighted by atomic mass is 10.0. The molecule has 4 nitrogen and oxygen atoms in total. The van der Waals surface area contributed by atoms with E-state index in [-0.39, 0.29) is 22.2 Å². The van der Waals surface area contributed by atoms with E-state index in [1.165, 1.54) is 10.4 Å². The molecule has 0 saturated carbocycles. The molecule has 0 N–H and O–H groups in total. The van der Waals surface area contributed by atoms with Crippen molar-refractivity contribution in [2.45, 2.75) is 24.0 Å². The maximum Gasteiger partial charge on any atom is 0.247 e. The van der Waals surface area contributed by atoms with Crippen LogP contribution >= 0.6 is 11.6 Å². The minimum absolute atomic E-state index is 0.0853. The van der Waals surface area contributed by atoms with Crippen molar-refractivity contribution < 1.29 is 13.2 Å². The minimum atomic E-state index is -3.74. The molecular formula is C18H18ClNO3S. The van der Waals surface area contributed by atoms with Crippen molar-refractivity contribution in [1.29, 1.82) is 0 Å². The molecule has 3 rings (SSSR count). The number of fused-ring (bicyclic) bond motifs is 1. The van der Waals surface area contributed by atoms with Gasteiger partial charge in [-0.15, -0.1) is 6.58 Å². The molecule has 2 aromatic carbocycles. The molecule has 0 saturated heterocycles. The quantitative estimate of drug-likeness (QED) is 0.773. The van der Waals surface area contributed by atoms with E-state index in [1.807, 2.05) is 37.3 Å². The molecule has 1 aliphatic heterocycles. The summed E-state index contributed by atoms with van der Waals surface area (Å²) < 4.78 is 33.7. The third kappa shape index (κ3) is 2.83. The fourth-order valence-electron chi connectivity index (χ4n) is 2.91. The van der Waals surface area contributed by atoms with Crippen LogP contribution in [-0.2, 0) is 10.0 Å². The summed E-state index contributed by atoms with van der Waals surface area (Å²) >= 11 is 6.24. The molecule has 24 heavy (non-hydrogen) atoms. The summed E-state index contributed by atoms with van der Waals surface area (Å²) in [6.07, 6.45) is 1.10. The fourth-order valence-corrected chi connectivity index (χ4v) is 4.93. The lowest BCUT2D eigenvalue weighted by Gasteiger charge is -2.30. The highest BCUT2D eigenvalue weighted by molar-refractivity contribution is 7.89. The second-order valence-electron chi connectivity index (χ2n) is 5.62. The summed E-state index contributed by atoms with van der Waals surface area (Å²) in [4.78, 5) is 0.0853. The van der Waals surface area contributed by atoms with E-state index in [9.17, 15) is 8.42 Å². The first kappa shape index (κ1) is 17.0. The Morgan fingerprint density at radius 2 is 1.92 bits per heavy atom. The third-order valence-electron chi connectivity index (χ3n) is 4.09. The normalized spacial score (nSPS) is 22.9. The summed E-state index contributed by atoms with van der Waals surface area (Å²) in [5.41, 5.74) is 0.891. The van der Waals surface area contributed by atoms with Gasteiger partial charge in [0.1, 0.15) is 11.0 Å². The van der Waals surface area contributed by atoms with Crippen LogP contribution in [0.1, 0.15) is 18.6 Å². The summed E-state index contributed by atoms with van der Waals surface area (Å²) in [5.74, 6) is 0.200. The van der Waals surface area contributed by atoms with Crippen molar-refractivity contribution in [3.63, 3.8) is 0 Å². The number of sulfonamides is 1. The maximum absolute atomic E-state index is 13.1. The van der Waals surface area contributed by atoms with Gasteiger partial charge in [0, 0.05) is 6.54 Å². The molecule has 0 aliphatic carbocycles. The second-order valence-corrected chi connectivity index (χ2v) is 7.89. The standard InChI is InChI=1S/C18H18ClNO3S/c1-3-12-20-13(2)17(14-8-5-4-6-9-14)23-18-15(19)10-7-11-16(18)24(20,21)22/h3-11,13,17H,1,12H2,2H3/t13-,17-/m0/s1. The first-order valence-electron chi connectivity index (χ1n) is 7.59. The number of hydrogen-bond donors (Lipinski definition) is 0. The molecule has 0 amide bonds. The number of rotatable bonds is 3. The van der Waals surface area contributed by atoms with Gasteiger partial charge in [0.25, 0.3) is 0 Å². The molecule has 0 radical (unpaired) electrons. The Hall–Kier alpha value is -1.82. The highest BCUT2D eigenvalue weighted by atomic mass is 35.5. The van der Waals surface area contributed by atoms with Gasteiger partial charge in [-0.1, -0.05) is 54.1 Å². The van der Waals surface area contributed by atoms with E-state index in [2.05, 4.69) is 6.58 Å². The van der Waals surface area contributed by atoms with Crippen LogP contribution in [0.15, 0.2) is 66.1 Å². The van der Waals surface area contributed by atoms with Crippen LogP contribution in [-0.4, -0.2) is 25.3 Å². The number of para-hydroxylation sites is 1. The van der Waals surface area contributed by atoms with E-state index >= 15 is 0 Å². The largest absolute Gasteiger partial charge is 0.481 e. The summed E-state index contributed by atoms with van der Waals surface area (Å²) in [7, 11) is -3.74. The Bertz CT molecular complexity index is 852. The van der Waals surface area contributed by atoms with Gasteiger partial charge in [-0.3, -0.25) is 0 Å². The Kier molecular flexibility index (Phi) is 4.67. The fraction of sp³-hybridized carbons (Fsp3) is 0.222. The topological polar surface area (TPSA) is 46.6 Å². The summed E-state index contributed by atoms with van der Waals surface area (Å²) in [6.45, 7) is 5.71. The molecule has 2 aromatic rings. The van der Waals surface area contributed by atoms with Crippen LogP contribution < -0.4 is 4.74 Å². The van der Waals surface area contributed by atoms with Gasteiger partial charge >= 0.3 is 0 Å². The zero-order valence-corrected chi connectivity index (χ0v) is 14.8. The molecule has 1 aliphatic rings. The highest BCUT2D eigenvalue weighted by Crippen LogP contribution is 2.42. The lowest BCUT2D eigenvalue weighted by Crippen LogP contribution is -2.41. The van der Waals surface area contributed by atoms with Gasteiger partial charge in [-0.05, 0) is 24.6 Å². The van der Waals surface area contributed by atoms with Crippen molar-refractivity contribution >= 4 is 21.6 Å². The molecular weight excluding hydrogens is 346 g/mol. The SMILES string of the molecule is C=CCN1[C@@H](C)[C@@H](c2ccccc2)Oc2c(Cl)cccc2S1(=O)=O. The Balaban J connectivity index is 2.22. The maximum atomic E-state index is 13.1. The summed E-state index contributed by atoms with van der Waals surface area (Å²) in [6, 6.07) is 13.9. The number of halogens is 1. The van der Waals surface area contributed by atoms with E-state index < -0.39 is 22.2 Å². The first-order chi connectivity index (χ1) is 11.5. The van der Waals surface area contributed by atoms with Gasteiger partial charge in [-0.2, -0.15) is 4.31 Å². The predicted octanol–water partition coefficient (Wildman–Crippen LogP) is 4.04. The van der Waals surface area contributed by atoms with Crippen LogP contribution in [0.2, 0.25) is 5.02 Å². The molecule has 1 heterocycles. The van der Waals surface area contributed by atoms with Gasteiger partial charge < -0.3 is 4.74 Å². The first-order valence-corrected chi connectivity index (χ1v) is 9.41. The number of hydrogen-bond acceptors (Lipinski definition) is 3. The molecule has 6 heteroatoms. The van der Waals surface area contributed by atoms with Crippen molar-refractivity contribution in [3.05, 3.63) is 71.8 Å². The van der Waals surface area contributed by atoms with Crippen LogP contribution in [0.4, 0.5) is 0 Å². The summed E-state index contributed by atoms with van der Waals surface area (Å²) in [5, 5.41) is 0.282. The average molecular weight is 364 g/mol. The molecule has 0 fully saturated rings. The molecule has 126 valence electrons. The van der Waals surface area contributed by atoms with Gasteiger partial charge in [0.05, 0.1) is 11.1 Å². The number of nitrogens with zero attached hydrogens (tertiary/aromatic N) is 1. The van der Waals surface area contributed by atoms with E-state index in [0.717, 1.165) is 5.56 Å². The smallest absolute Gasteiger partial charge is 0.247 e. The molecule has 0 spiro atoms. The van der Waals surface area contributed by atoms with Crippen LogP contribution in [0, 0.1) is 0 Å². The van der Waals surface area contributed by atoms with Gasteiger partial charge in [-0.25, -0.2) is 8.42 Å². The third-order valence-corrected chi connectivity index (χ3v) is 6.37. The van der Waals surface area contributed by atoms with E-state index in [1.54, 1.807) is 18.2 Å². The van der Waals surface area contributed by atoms with Crippen molar-refractivity contribution in [3.8, 4) is 5.75 Å². The van der Waals surface area contributed by atoms with Crippen LogP contribution in [0.5, 0.6) is 5.75 Å². The van der Waals surface area contributed by atoms with Crippen molar-refractivity contribution in [2.75, 3.05) is 6.54 Å². The molecule has 0 aromatic heterocycles. The zero-order chi connectivity index (χ0) is 17.3.